The Kier molecular flexibility index (Phi) is 12.0. The Labute approximate surface area is 235 Å². The number of benzene rings is 2. The van der Waals surface area contributed by atoms with Gasteiger partial charge < -0.3 is 10.2 Å². The number of nitrogens with zero attached hydrogens (tertiary/aromatic N) is 2. The van der Waals surface area contributed by atoms with Crippen molar-refractivity contribution < 1.29 is 18.0 Å². The third-order valence-electron chi connectivity index (χ3n) is 5.98. The maximum absolute atomic E-state index is 13.5. The Morgan fingerprint density at radius 2 is 1.59 bits per heavy atom. The van der Waals surface area contributed by atoms with E-state index in [9.17, 15) is 18.0 Å². The minimum atomic E-state index is -3.69. The highest BCUT2D eigenvalue weighted by Crippen LogP contribution is 2.31. The molecule has 2 atom stereocenters. The molecule has 0 aromatic heterocycles. The lowest BCUT2D eigenvalue weighted by Gasteiger charge is -2.32. The second kappa shape index (κ2) is 14.2. The predicted octanol–water partition coefficient (Wildman–Crippen LogP) is 5.92. The molecule has 204 valence electrons. The average molecular weight is 591 g/mol. The lowest BCUT2D eigenvalue weighted by Crippen LogP contribution is -2.50. The molecular weight excluding hydrogens is 557 g/mol. The molecule has 0 heterocycles. The van der Waals surface area contributed by atoms with Crippen LogP contribution in [0.2, 0.25) is 15.1 Å². The van der Waals surface area contributed by atoms with Gasteiger partial charge in [-0.2, -0.15) is 0 Å². The maximum Gasteiger partial charge on any atom is 0.243 e. The quantitative estimate of drug-likeness (QED) is 0.314. The van der Waals surface area contributed by atoms with Gasteiger partial charge in [-0.25, -0.2) is 8.42 Å². The van der Waals surface area contributed by atoms with Crippen molar-refractivity contribution in [2.45, 2.75) is 65.1 Å². The molecule has 2 aromatic rings. The Hall–Kier alpha value is -2.00. The molecule has 2 rings (SSSR count). The largest absolute Gasteiger partial charge is 0.352 e. The van der Waals surface area contributed by atoms with Crippen LogP contribution in [0, 0.1) is 0 Å². The molecule has 2 amide bonds. The van der Waals surface area contributed by atoms with Gasteiger partial charge in [0.25, 0.3) is 0 Å². The highest BCUT2D eigenvalue weighted by molar-refractivity contribution is 7.92. The minimum absolute atomic E-state index is 0.0231. The number of nitrogens with one attached hydrogen (secondary N) is 1. The fourth-order valence-corrected chi connectivity index (χ4v) is 5.34. The monoisotopic (exact) mass is 589 g/mol. The summed E-state index contributed by atoms with van der Waals surface area (Å²) in [6, 6.07) is 11.0. The van der Waals surface area contributed by atoms with Crippen molar-refractivity contribution in [1.82, 2.24) is 10.2 Å². The molecule has 2 aromatic carbocycles. The average Bonchev–Trinajstić information content (AvgIpc) is 2.83. The number of carbonyl (C=O) groups excluding carboxylic acids is 2. The van der Waals surface area contributed by atoms with Gasteiger partial charge in [0.2, 0.25) is 21.8 Å². The Morgan fingerprint density at radius 3 is 2.16 bits per heavy atom. The van der Waals surface area contributed by atoms with E-state index in [-0.39, 0.29) is 54.5 Å². The Morgan fingerprint density at radius 1 is 0.973 bits per heavy atom. The van der Waals surface area contributed by atoms with E-state index in [0.29, 0.717) is 16.5 Å². The molecule has 2 unspecified atom stereocenters. The van der Waals surface area contributed by atoms with Gasteiger partial charge in [0.05, 0.1) is 17.0 Å². The van der Waals surface area contributed by atoms with Gasteiger partial charge in [-0.3, -0.25) is 13.9 Å². The second-order valence-electron chi connectivity index (χ2n) is 8.92. The smallest absolute Gasteiger partial charge is 0.243 e. The van der Waals surface area contributed by atoms with Crippen LogP contribution in [-0.2, 0) is 26.2 Å². The molecule has 0 spiro atoms. The number of anilines is 1. The molecule has 0 aliphatic carbocycles. The molecule has 0 fully saturated rings. The van der Waals surface area contributed by atoms with Gasteiger partial charge >= 0.3 is 0 Å². The predicted molar refractivity (Wildman–Crippen MR) is 152 cm³/mol. The molecule has 7 nitrogen and oxygen atoms in total. The summed E-state index contributed by atoms with van der Waals surface area (Å²) in [7, 11) is -3.69. The third kappa shape index (κ3) is 9.36. The van der Waals surface area contributed by atoms with Gasteiger partial charge in [-0.1, -0.05) is 60.8 Å². The van der Waals surface area contributed by atoms with Crippen molar-refractivity contribution in [3.05, 3.63) is 63.1 Å². The lowest BCUT2D eigenvalue weighted by atomic mass is 10.1. The van der Waals surface area contributed by atoms with Crippen molar-refractivity contribution in [3.8, 4) is 0 Å². The summed E-state index contributed by atoms with van der Waals surface area (Å²) in [5, 5.41) is 4.12. The fraction of sp³-hybridized carbons (Fsp3) is 0.462. The molecule has 0 bridgehead atoms. The molecular formula is C26H34Cl3N3O4S. The summed E-state index contributed by atoms with van der Waals surface area (Å²) < 4.78 is 26.2. The highest BCUT2D eigenvalue weighted by atomic mass is 35.5. The molecule has 0 aliphatic heterocycles. The van der Waals surface area contributed by atoms with Gasteiger partial charge in [-0.05, 0) is 62.1 Å². The first kappa shape index (κ1) is 31.2. The van der Waals surface area contributed by atoms with Crippen LogP contribution < -0.4 is 9.62 Å². The summed E-state index contributed by atoms with van der Waals surface area (Å²) in [6.07, 6.45) is 2.52. The molecule has 0 aliphatic rings. The minimum Gasteiger partial charge on any atom is -0.352 e. The van der Waals surface area contributed by atoms with Crippen LogP contribution in [0.1, 0.15) is 52.0 Å². The summed E-state index contributed by atoms with van der Waals surface area (Å²) in [4.78, 5) is 28.1. The highest BCUT2D eigenvalue weighted by Gasteiger charge is 2.29. The van der Waals surface area contributed by atoms with Crippen LogP contribution in [0.25, 0.3) is 0 Å². The molecule has 0 radical (unpaired) electrons. The number of rotatable bonds is 13. The van der Waals surface area contributed by atoms with Crippen molar-refractivity contribution in [3.63, 3.8) is 0 Å². The first-order chi connectivity index (χ1) is 17.4. The lowest BCUT2D eigenvalue weighted by molar-refractivity contribution is -0.141. The zero-order chi connectivity index (χ0) is 27.8. The summed E-state index contributed by atoms with van der Waals surface area (Å²) in [5.41, 5.74) is 1.08. The first-order valence-electron chi connectivity index (χ1n) is 12.1. The number of halogens is 3. The zero-order valence-corrected chi connectivity index (χ0v) is 24.6. The van der Waals surface area contributed by atoms with Crippen LogP contribution >= 0.6 is 34.8 Å². The van der Waals surface area contributed by atoms with Gasteiger partial charge in [0.15, 0.2) is 0 Å². The Balaban J connectivity index is 2.25. The normalized spacial score (nSPS) is 13.1. The number of hydrogen-bond donors (Lipinski definition) is 1. The van der Waals surface area contributed by atoms with Crippen molar-refractivity contribution in [2.75, 3.05) is 17.1 Å². The van der Waals surface area contributed by atoms with Crippen LogP contribution in [0.15, 0.2) is 42.5 Å². The molecule has 1 N–H and O–H groups in total. The van der Waals surface area contributed by atoms with E-state index in [2.05, 4.69) is 5.32 Å². The van der Waals surface area contributed by atoms with Crippen molar-refractivity contribution >= 4 is 62.3 Å². The standard InChI is InChI=1S/C26H34Cl3N3O4S/c1-5-18(3)30-26(34)23(6-2)31(17-19-9-11-20(27)12-10-19)25(33)8-7-15-32(37(4,35)36)24-16-21(28)13-14-22(24)29/h9-14,16,18,23H,5-8,15,17H2,1-4H3,(H,30,34). The van der Waals surface area contributed by atoms with E-state index >= 15 is 0 Å². The summed E-state index contributed by atoms with van der Waals surface area (Å²) in [5.74, 6) is -0.477. The van der Waals surface area contributed by atoms with Crippen molar-refractivity contribution in [1.29, 1.82) is 0 Å². The molecule has 37 heavy (non-hydrogen) atoms. The van der Waals surface area contributed by atoms with Crippen molar-refractivity contribution in [2.24, 2.45) is 0 Å². The van der Waals surface area contributed by atoms with E-state index in [0.717, 1.165) is 22.5 Å². The van der Waals surface area contributed by atoms with E-state index in [1.54, 1.807) is 23.1 Å². The first-order valence-corrected chi connectivity index (χ1v) is 15.1. The number of hydrogen-bond acceptors (Lipinski definition) is 4. The second-order valence-corrected chi connectivity index (χ2v) is 12.1. The zero-order valence-electron chi connectivity index (χ0n) is 21.5. The summed E-state index contributed by atoms with van der Waals surface area (Å²) >= 11 is 18.3. The van der Waals surface area contributed by atoms with E-state index in [1.807, 2.05) is 32.9 Å². The number of carbonyl (C=O) groups is 2. The van der Waals surface area contributed by atoms with E-state index in [4.69, 9.17) is 34.8 Å². The van der Waals surface area contributed by atoms with Gasteiger partial charge in [-0.15, -0.1) is 0 Å². The van der Waals surface area contributed by atoms with Crippen LogP contribution in [0.3, 0.4) is 0 Å². The number of sulfonamides is 1. The Bertz CT molecular complexity index is 1180. The topological polar surface area (TPSA) is 86.8 Å². The molecule has 11 heteroatoms. The number of amides is 2. The van der Waals surface area contributed by atoms with Gasteiger partial charge in [0.1, 0.15) is 6.04 Å². The van der Waals surface area contributed by atoms with Crippen LogP contribution in [-0.4, -0.2) is 50.0 Å². The van der Waals surface area contributed by atoms with Crippen LogP contribution in [0.4, 0.5) is 5.69 Å². The van der Waals surface area contributed by atoms with E-state index in [1.165, 1.54) is 12.1 Å². The van der Waals surface area contributed by atoms with E-state index < -0.39 is 16.1 Å². The molecule has 0 saturated carbocycles. The maximum atomic E-state index is 13.5. The summed E-state index contributed by atoms with van der Waals surface area (Å²) in [6.45, 7) is 5.99. The third-order valence-corrected chi connectivity index (χ3v) is 7.97. The molecule has 0 saturated heterocycles. The van der Waals surface area contributed by atoms with Crippen LogP contribution in [0.5, 0.6) is 0 Å². The van der Waals surface area contributed by atoms with Gasteiger partial charge in [0, 0.05) is 35.6 Å². The SMILES string of the molecule is CCC(C)NC(=O)C(CC)N(Cc1ccc(Cl)cc1)C(=O)CCCN(c1cc(Cl)ccc1Cl)S(C)(=O)=O. The fourth-order valence-electron chi connectivity index (χ4n) is 3.81.